The van der Waals surface area contributed by atoms with Gasteiger partial charge in [-0.2, -0.15) is 0 Å². The van der Waals surface area contributed by atoms with Gasteiger partial charge in [-0.3, -0.25) is 9.59 Å². The van der Waals surface area contributed by atoms with Gasteiger partial charge < -0.3 is 10.6 Å². The number of halogens is 2. The third-order valence-corrected chi connectivity index (χ3v) is 4.34. The Morgan fingerprint density at radius 2 is 2.09 bits per heavy atom. The summed E-state index contributed by atoms with van der Waals surface area (Å²) >= 11 is 0. The maximum Gasteiger partial charge on any atom is 0.242 e. The molecular weight excluding hydrogens is 290 g/mol. The first-order valence-electron chi connectivity index (χ1n) is 7.59. The van der Waals surface area contributed by atoms with Gasteiger partial charge in [0.05, 0.1) is 0 Å². The molecule has 1 unspecified atom stereocenters. The normalized spacial score (nSPS) is 27.7. The molecule has 2 N–H and O–H groups in total. The molecule has 1 heterocycles. The van der Waals surface area contributed by atoms with E-state index in [2.05, 4.69) is 10.6 Å². The van der Waals surface area contributed by atoms with E-state index in [1.165, 1.54) is 12.1 Å². The van der Waals surface area contributed by atoms with Gasteiger partial charge in [0.1, 0.15) is 17.7 Å². The lowest BCUT2D eigenvalue weighted by Gasteiger charge is -2.15. The number of benzene rings is 1. The summed E-state index contributed by atoms with van der Waals surface area (Å²) in [6.45, 7) is 0.637. The molecule has 0 bridgehead atoms. The van der Waals surface area contributed by atoms with Gasteiger partial charge in [-0.05, 0) is 43.2 Å². The molecule has 1 aromatic carbocycles. The largest absolute Gasteiger partial charge is 0.354 e. The van der Waals surface area contributed by atoms with E-state index in [9.17, 15) is 18.4 Å². The van der Waals surface area contributed by atoms with Gasteiger partial charge in [0.2, 0.25) is 11.8 Å². The smallest absolute Gasteiger partial charge is 0.242 e. The van der Waals surface area contributed by atoms with Gasteiger partial charge in [0, 0.05) is 18.5 Å². The molecular formula is C16H18F2N2O2. The first kappa shape index (κ1) is 14.9. The fourth-order valence-electron chi connectivity index (χ4n) is 2.99. The maximum absolute atomic E-state index is 13.7. The van der Waals surface area contributed by atoms with Gasteiger partial charge in [-0.15, -0.1) is 0 Å². The van der Waals surface area contributed by atoms with Crippen LogP contribution in [0, 0.1) is 17.6 Å². The molecule has 3 rings (SSSR count). The zero-order valence-electron chi connectivity index (χ0n) is 12.1. The van der Waals surface area contributed by atoms with Crippen molar-refractivity contribution in [2.45, 2.75) is 37.6 Å². The third kappa shape index (κ3) is 3.10. The maximum atomic E-state index is 13.7. The van der Waals surface area contributed by atoms with Crippen LogP contribution in [-0.2, 0) is 9.59 Å². The van der Waals surface area contributed by atoms with E-state index in [0.717, 1.165) is 18.9 Å². The van der Waals surface area contributed by atoms with Gasteiger partial charge in [0.25, 0.3) is 0 Å². The number of hydrogen-bond donors (Lipinski definition) is 2. The van der Waals surface area contributed by atoms with Gasteiger partial charge in [0.15, 0.2) is 0 Å². The Bertz CT molecular complexity index is 606. The molecule has 0 aromatic heterocycles. The van der Waals surface area contributed by atoms with E-state index < -0.39 is 17.7 Å². The van der Waals surface area contributed by atoms with Crippen LogP contribution in [0.25, 0.3) is 0 Å². The number of carbonyl (C=O) groups is 2. The number of hydrogen-bond acceptors (Lipinski definition) is 2. The Morgan fingerprint density at radius 3 is 2.86 bits per heavy atom. The molecule has 2 fully saturated rings. The molecule has 0 radical (unpaired) electrons. The molecule has 2 aliphatic rings. The van der Waals surface area contributed by atoms with E-state index in [0.29, 0.717) is 24.9 Å². The van der Waals surface area contributed by atoms with E-state index in [1.807, 2.05) is 0 Å². The quantitative estimate of drug-likeness (QED) is 0.895. The van der Waals surface area contributed by atoms with Crippen LogP contribution in [-0.4, -0.2) is 24.4 Å². The van der Waals surface area contributed by atoms with Crippen LogP contribution in [0.1, 0.15) is 37.2 Å². The Hall–Kier alpha value is -1.98. The minimum absolute atomic E-state index is 0.156. The van der Waals surface area contributed by atoms with Crippen molar-refractivity contribution in [1.29, 1.82) is 0 Å². The first-order chi connectivity index (χ1) is 10.6. The molecule has 118 valence electrons. The topological polar surface area (TPSA) is 58.2 Å². The van der Waals surface area contributed by atoms with Gasteiger partial charge in [-0.1, -0.05) is 6.07 Å². The highest BCUT2D eigenvalue weighted by Crippen LogP contribution is 2.48. The van der Waals surface area contributed by atoms with Crippen LogP contribution in [0.2, 0.25) is 0 Å². The van der Waals surface area contributed by atoms with Crippen molar-refractivity contribution < 1.29 is 18.4 Å². The molecule has 1 saturated carbocycles. The third-order valence-electron chi connectivity index (χ3n) is 4.34. The van der Waals surface area contributed by atoms with Crippen LogP contribution in [0.15, 0.2) is 18.2 Å². The van der Waals surface area contributed by atoms with Crippen molar-refractivity contribution in [3.8, 4) is 0 Å². The summed E-state index contributed by atoms with van der Waals surface area (Å²) in [6, 6.07) is 2.92. The lowest BCUT2D eigenvalue weighted by atomic mass is 10.1. The molecule has 1 aromatic rings. The van der Waals surface area contributed by atoms with E-state index >= 15 is 0 Å². The van der Waals surface area contributed by atoms with Crippen LogP contribution < -0.4 is 10.6 Å². The standard InChI is InChI=1S/C16H18F2N2O2/c17-9-4-5-10(13(18)7-9)11-8-12(11)15(21)20-14-3-1-2-6-19-16(14)22/h4-5,7,11-12,14H,1-3,6,8H2,(H,19,22)(H,20,21)/t11-,12+,14?/m0/s1. The van der Waals surface area contributed by atoms with Gasteiger partial charge >= 0.3 is 0 Å². The minimum Gasteiger partial charge on any atom is -0.354 e. The summed E-state index contributed by atoms with van der Waals surface area (Å²) in [5.41, 5.74) is 0.367. The van der Waals surface area contributed by atoms with Crippen molar-refractivity contribution in [3.05, 3.63) is 35.4 Å². The summed E-state index contributed by atoms with van der Waals surface area (Å²) in [4.78, 5) is 24.0. The van der Waals surface area contributed by atoms with Crippen molar-refractivity contribution in [1.82, 2.24) is 10.6 Å². The molecule has 0 spiro atoms. The van der Waals surface area contributed by atoms with Crippen LogP contribution >= 0.6 is 0 Å². The second-order valence-electron chi connectivity index (χ2n) is 5.96. The molecule has 6 heteroatoms. The second kappa shape index (κ2) is 6.02. The Morgan fingerprint density at radius 1 is 1.27 bits per heavy atom. The highest BCUT2D eigenvalue weighted by atomic mass is 19.1. The molecule has 1 saturated heterocycles. The Balaban J connectivity index is 1.61. The molecule has 3 atom stereocenters. The van der Waals surface area contributed by atoms with Crippen LogP contribution in [0.5, 0.6) is 0 Å². The highest BCUT2D eigenvalue weighted by molar-refractivity contribution is 5.90. The predicted octanol–water partition coefficient (Wildman–Crippen LogP) is 1.85. The van der Waals surface area contributed by atoms with Crippen molar-refractivity contribution >= 4 is 11.8 Å². The lowest BCUT2D eigenvalue weighted by molar-refractivity contribution is -0.129. The minimum atomic E-state index is -0.627. The van der Waals surface area contributed by atoms with E-state index in [1.54, 1.807) is 0 Å². The number of carbonyl (C=O) groups excluding carboxylic acids is 2. The number of nitrogens with one attached hydrogen (secondary N) is 2. The second-order valence-corrected chi connectivity index (χ2v) is 5.96. The summed E-state index contributed by atoms with van der Waals surface area (Å²) in [7, 11) is 0. The predicted molar refractivity (Wildman–Crippen MR) is 76.0 cm³/mol. The van der Waals surface area contributed by atoms with Crippen LogP contribution in [0.4, 0.5) is 8.78 Å². The molecule has 1 aliphatic carbocycles. The first-order valence-corrected chi connectivity index (χ1v) is 7.59. The molecule has 1 aliphatic heterocycles. The lowest BCUT2D eigenvalue weighted by Crippen LogP contribution is -2.46. The zero-order valence-corrected chi connectivity index (χ0v) is 12.1. The van der Waals surface area contributed by atoms with Crippen molar-refractivity contribution in [2.24, 2.45) is 5.92 Å². The molecule has 22 heavy (non-hydrogen) atoms. The highest BCUT2D eigenvalue weighted by Gasteiger charge is 2.46. The van der Waals surface area contributed by atoms with Crippen molar-refractivity contribution in [2.75, 3.05) is 6.54 Å². The van der Waals surface area contributed by atoms with Gasteiger partial charge in [-0.25, -0.2) is 8.78 Å². The zero-order chi connectivity index (χ0) is 15.7. The van der Waals surface area contributed by atoms with Crippen molar-refractivity contribution in [3.63, 3.8) is 0 Å². The summed E-state index contributed by atoms with van der Waals surface area (Å²) in [5, 5.41) is 5.52. The fourth-order valence-corrected chi connectivity index (χ4v) is 2.99. The number of amides is 2. The van der Waals surface area contributed by atoms with E-state index in [4.69, 9.17) is 0 Å². The monoisotopic (exact) mass is 308 g/mol. The molecule has 4 nitrogen and oxygen atoms in total. The molecule has 2 amide bonds. The summed E-state index contributed by atoms with van der Waals surface area (Å²) in [6.07, 6.45) is 2.94. The average Bonchev–Trinajstić information content (AvgIpc) is 3.26. The SMILES string of the molecule is O=C1NCCCCC1NC(=O)[C@@H]1C[C@H]1c1ccc(F)cc1F. The number of rotatable bonds is 3. The van der Waals surface area contributed by atoms with Crippen LogP contribution in [0.3, 0.4) is 0 Å². The summed E-state index contributed by atoms with van der Waals surface area (Å²) < 4.78 is 26.6. The van der Waals surface area contributed by atoms with E-state index in [-0.39, 0.29) is 23.7 Å². The Labute approximate surface area is 127 Å². The Kier molecular flexibility index (Phi) is 4.09. The summed E-state index contributed by atoms with van der Waals surface area (Å²) in [5.74, 6) is -2.19. The fraction of sp³-hybridized carbons (Fsp3) is 0.500. The average molecular weight is 308 g/mol.